The second-order valence-corrected chi connectivity index (χ2v) is 5.11. The highest BCUT2D eigenvalue weighted by Gasteiger charge is 2.46. The molecular weight excluding hydrogens is 317 g/mol. The van der Waals surface area contributed by atoms with Gasteiger partial charge >= 0.3 is 18.1 Å². The summed E-state index contributed by atoms with van der Waals surface area (Å²) in [4.78, 5) is 0. The van der Waals surface area contributed by atoms with E-state index in [0.29, 0.717) is 15.9 Å². The SMILES string of the molecule is Cc1cc[n+](C(F)(F)CCC(F)(F)F)c(Oc2ccccc2)c1. The lowest BCUT2D eigenvalue weighted by Crippen LogP contribution is -2.51. The van der Waals surface area contributed by atoms with Gasteiger partial charge < -0.3 is 4.74 Å². The van der Waals surface area contributed by atoms with Crippen molar-refractivity contribution in [2.24, 2.45) is 0 Å². The summed E-state index contributed by atoms with van der Waals surface area (Å²) in [5.41, 5.74) is 0.652. The van der Waals surface area contributed by atoms with Gasteiger partial charge in [-0.05, 0) is 24.6 Å². The monoisotopic (exact) mass is 332 g/mol. The predicted octanol–water partition coefficient (Wildman–Crippen LogP) is 4.97. The lowest BCUT2D eigenvalue weighted by Gasteiger charge is -2.15. The molecule has 0 aliphatic rings. The van der Waals surface area contributed by atoms with Crippen molar-refractivity contribution in [2.75, 3.05) is 0 Å². The summed E-state index contributed by atoms with van der Waals surface area (Å²) in [6, 6.07) is 7.23. The Bertz CT molecular complexity index is 655. The van der Waals surface area contributed by atoms with Crippen molar-refractivity contribution >= 4 is 0 Å². The number of nitrogens with zero attached hydrogens (tertiary/aromatic N) is 1. The molecule has 23 heavy (non-hydrogen) atoms. The molecule has 2 aromatic rings. The second-order valence-electron chi connectivity index (χ2n) is 5.11. The van der Waals surface area contributed by atoms with Crippen LogP contribution in [0.15, 0.2) is 48.7 Å². The zero-order valence-electron chi connectivity index (χ0n) is 12.3. The van der Waals surface area contributed by atoms with Crippen molar-refractivity contribution in [3.05, 3.63) is 54.2 Å². The van der Waals surface area contributed by atoms with E-state index in [9.17, 15) is 22.0 Å². The summed E-state index contributed by atoms with van der Waals surface area (Å²) < 4.78 is 70.9. The predicted molar refractivity (Wildman–Crippen MR) is 73.4 cm³/mol. The Morgan fingerprint density at radius 1 is 0.957 bits per heavy atom. The number of aromatic nitrogens is 1. The van der Waals surface area contributed by atoms with Crippen LogP contribution in [0.1, 0.15) is 18.4 Å². The first kappa shape index (κ1) is 17.2. The number of hydrogen-bond donors (Lipinski definition) is 0. The van der Waals surface area contributed by atoms with Crippen molar-refractivity contribution in [2.45, 2.75) is 32.0 Å². The zero-order chi connectivity index (χ0) is 17.1. The molecule has 0 aliphatic carbocycles. The Balaban J connectivity index is 2.30. The molecule has 0 amide bonds. The van der Waals surface area contributed by atoms with Crippen LogP contribution in [0.5, 0.6) is 11.6 Å². The van der Waals surface area contributed by atoms with Crippen molar-refractivity contribution < 1.29 is 31.3 Å². The van der Waals surface area contributed by atoms with Crippen LogP contribution >= 0.6 is 0 Å². The number of rotatable bonds is 5. The van der Waals surface area contributed by atoms with Crippen molar-refractivity contribution in [3.63, 3.8) is 0 Å². The van der Waals surface area contributed by atoms with E-state index < -0.39 is 25.1 Å². The number of pyridine rings is 1. The van der Waals surface area contributed by atoms with Crippen molar-refractivity contribution in [3.8, 4) is 11.6 Å². The molecule has 0 unspecified atom stereocenters. The number of para-hydroxylation sites is 1. The Kier molecular flexibility index (Phi) is 4.87. The molecule has 0 fully saturated rings. The van der Waals surface area contributed by atoms with Crippen LogP contribution in [-0.2, 0) is 6.05 Å². The molecular formula is C16H15F5NO+. The van der Waals surface area contributed by atoms with Gasteiger partial charge in [0.1, 0.15) is 5.75 Å². The third kappa shape index (κ3) is 4.91. The van der Waals surface area contributed by atoms with Gasteiger partial charge in [-0.25, -0.2) is 0 Å². The molecule has 0 saturated carbocycles. The van der Waals surface area contributed by atoms with Gasteiger partial charge in [0.2, 0.25) is 0 Å². The maximum Gasteiger partial charge on any atom is 0.463 e. The van der Waals surface area contributed by atoms with Gasteiger partial charge in [0.15, 0.2) is 6.20 Å². The molecule has 1 aromatic carbocycles. The normalized spacial score (nSPS) is 12.3. The van der Waals surface area contributed by atoms with E-state index in [1.54, 1.807) is 37.3 Å². The summed E-state index contributed by atoms with van der Waals surface area (Å²) in [5, 5.41) is 0. The number of hydrogen-bond acceptors (Lipinski definition) is 1. The Hall–Kier alpha value is -2.18. The van der Waals surface area contributed by atoms with Crippen molar-refractivity contribution in [1.82, 2.24) is 0 Å². The summed E-state index contributed by atoms with van der Waals surface area (Å²) in [6.45, 7) is 1.68. The van der Waals surface area contributed by atoms with Crippen LogP contribution in [0.2, 0.25) is 0 Å². The van der Waals surface area contributed by atoms with E-state index in [4.69, 9.17) is 4.74 Å². The quantitative estimate of drug-likeness (QED) is 0.557. The molecule has 2 nitrogen and oxygen atoms in total. The standard InChI is InChI=1S/C16H15F5NO/c1-12-7-10-22(16(20,21)9-8-15(17,18)19)14(11-12)23-13-5-3-2-4-6-13/h2-7,10-11H,8-9H2,1H3/q+1. The fraction of sp³-hybridized carbons (Fsp3) is 0.312. The number of aryl methyl sites for hydroxylation is 1. The van der Waals surface area contributed by atoms with Crippen LogP contribution in [0.4, 0.5) is 22.0 Å². The summed E-state index contributed by atoms with van der Waals surface area (Å²) in [6.07, 6.45) is -6.54. The minimum absolute atomic E-state index is 0.219. The largest absolute Gasteiger partial charge is 0.463 e. The number of halogens is 5. The average Bonchev–Trinajstić information content (AvgIpc) is 2.45. The molecule has 124 valence electrons. The van der Waals surface area contributed by atoms with Crippen LogP contribution < -0.4 is 9.30 Å². The molecule has 2 rings (SSSR count). The van der Waals surface area contributed by atoms with Gasteiger partial charge in [0.25, 0.3) is 0 Å². The number of benzene rings is 1. The third-order valence-corrected chi connectivity index (χ3v) is 3.10. The average molecular weight is 332 g/mol. The summed E-state index contributed by atoms with van der Waals surface area (Å²) in [7, 11) is 0. The first-order valence-corrected chi connectivity index (χ1v) is 6.88. The van der Waals surface area contributed by atoms with E-state index in [-0.39, 0.29) is 5.88 Å². The van der Waals surface area contributed by atoms with Gasteiger partial charge in [-0.2, -0.15) is 13.2 Å². The first-order chi connectivity index (χ1) is 10.7. The van der Waals surface area contributed by atoms with E-state index in [0.717, 1.165) is 6.20 Å². The van der Waals surface area contributed by atoms with Gasteiger partial charge in [-0.15, -0.1) is 13.3 Å². The first-order valence-electron chi connectivity index (χ1n) is 6.88. The zero-order valence-corrected chi connectivity index (χ0v) is 12.3. The molecule has 1 aromatic heterocycles. The molecule has 1 heterocycles. The summed E-state index contributed by atoms with van der Waals surface area (Å²) in [5.74, 6) is 0.0989. The lowest BCUT2D eigenvalue weighted by molar-refractivity contribution is -0.826. The molecule has 0 aliphatic heterocycles. The van der Waals surface area contributed by atoms with Crippen LogP contribution in [0.3, 0.4) is 0 Å². The molecule has 0 spiro atoms. The minimum Gasteiger partial charge on any atom is -0.405 e. The van der Waals surface area contributed by atoms with E-state index in [1.165, 1.54) is 12.1 Å². The molecule has 7 heteroatoms. The van der Waals surface area contributed by atoms with Gasteiger partial charge in [-0.3, -0.25) is 0 Å². The van der Waals surface area contributed by atoms with Gasteiger partial charge in [0.05, 0.1) is 18.9 Å². The molecule has 0 radical (unpaired) electrons. The molecule has 0 bridgehead atoms. The lowest BCUT2D eigenvalue weighted by atomic mass is 10.2. The fourth-order valence-electron chi connectivity index (χ4n) is 1.95. The molecule has 0 N–H and O–H groups in total. The van der Waals surface area contributed by atoms with Gasteiger partial charge in [-0.1, -0.05) is 18.2 Å². The van der Waals surface area contributed by atoms with Crippen molar-refractivity contribution in [1.29, 1.82) is 0 Å². The number of alkyl halides is 5. The topological polar surface area (TPSA) is 13.1 Å². The highest BCUT2D eigenvalue weighted by atomic mass is 19.4. The van der Waals surface area contributed by atoms with E-state index in [1.807, 2.05) is 0 Å². The highest BCUT2D eigenvalue weighted by Crippen LogP contribution is 2.31. The minimum atomic E-state index is -4.64. The Morgan fingerprint density at radius 3 is 2.22 bits per heavy atom. The second kappa shape index (κ2) is 6.52. The maximum atomic E-state index is 14.2. The van der Waals surface area contributed by atoms with E-state index >= 15 is 0 Å². The van der Waals surface area contributed by atoms with Crippen LogP contribution in [-0.4, -0.2) is 6.18 Å². The molecule has 0 saturated heterocycles. The Labute approximate surface area is 130 Å². The molecule has 0 atom stereocenters. The Morgan fingerprint density at radius 2 is 1.61 bits per heavy atom. The maximum absolute atomic E-state index is 14.2. The summed E-state index contributed by atoms with van der Waals surface area (Å²) >= 11 is 0. The third-order valence-electron chi connectivity index (χ3n) is 3.10. The van der Waals surface area contributed by atoms with E-state index in [2.05, 4.69) is 0 Å². The smallest absolute Gasteiger partial charge is 0.405 e. The van der Waals surface area contributed by atoms with Crippen LogP contribution in [0.25, 0.3) is 0 Å². The van der Waals surface area contributed by atoms with Gasteiger partial charge in [0, 0.05) is 6.07 Å². The van der Waals surface area contributed by atoms with Crippen LogP contribution in [0, 0.1) is 6.92 Å². The fourth-order valence-corrected chi connectivity index (χ4v) is 1.95. The number of ether oxygens (including phenoxy) is 1. The highest BCUT2D eigenvalue weighted by molar-refractivity contribution is 5.26.